The van der Waals surface area contributed by atoms with Crippen LogP contribution in [0.2, 0.25) is 10.0 Å². The number of benzene rings is 3. The van der Waals surface area contributed by atoms with Crippen molar-refractivity contribution in [3.8, 4) is 5.75 Å². The summed E-state index contributed by atoms with van der Waals surface area (Å²) in [6, 6.07) is 20.5. The highest BCUT2D eigenvalue weighted by Crippen LogP contribution is 2.22. The van der Waals surface area contributed by atoms with E-state index in [9.17, 15) is 9.59 Å². The first-order chi connectivity index (χ1) is 14.5. The van der Waals surface area contributed by atoms with Crippen molar-refractivity contribution in [3.63, 3.8) is 0 Å². The van der Waals surface area contributed by atoms with Gasteiger partial charge in [-0.05, 0) is 54.1 Å². The first-order valence-electron chi connectivity index (χ1n) is 8.85. The van der Waals surface area contributed by atoms with Crippen molar-refractivity contribution < 1.29 is 14.3 Å². The molecule has 0 fully saturated rings. The van der Waals surface area contributed by atoms with Gasteiger partial charge in [0.05, 0.1) is 6.21 Å². The second-order valence-electron chi connectivity index (χ2n) is 6.05. The largest absolute Gasteiger partial charge is 0.423 e. The Morgan fingerprint density at radius 3 is 2.33 bits per heavy atom. The smallest absolute Gasteiger partial charge is 0.336 e. The fourth-order valence-corrected chi connectivity index (χ4v) is 2.72. The minimum atomic E-state index is -0.555. The summed E-state index contributed by atoms with van der Waals surface area (Å²) < 4.78 is 5.37. The summed E-state index contributed by atoms with van der Waals surface area (Å²) in [5.74, 6) is -0.707. The van der Waals surface area contributed by atoms with Crippen LogP contribution in [0.4, 0.5) is 0 Å². The summed E-state index contributed by atoms with van der Waals surface area (Å²) in [5, 5.41) is 4.88. The van der Waals surface area contributed by atoms with E-state index < -0.39 is 11.9 Å². The first-order valence-corrected chi connectivity index (χ1v) is 9.60. The van der Waals surface area contributed by atoms with E-state index in [2.05, 4.69) is 10.5 Å². The topological polar surface area (TPSA) is 67.8 Å². The first kappa shape index (κ1) is 21.3. The highest BCUT2D eigenvalue weighted by Gasteiger charge is 2.08. The number of halogens is 2. The molecular weight excluding hydrogens is 423 g/mol. The van der Waals surface area contributed by atoms with Crippen molar-refractivity contribution in [2.24, 2.45) is 5.10 Å². The summed E-state index contributed by atoms with van der Waals surface area (Å²) >= 11 is 11.8. The molecule has 0 bridgehead atoms. The quantitative estimate of drug-likeness (QED) is 0.185. The number of amides is 1. The van der Waals surface area contributed by atoms with Gasteiger partial charge in [-0.2, -0.15) is 5.10 Å². The van der Waals surface area contributed by atoms with Crippen LogP contribution in [0.25, 0.3) is 6.08 Å². The molecule has 7 heteroatoms. The highest BCUT2D eigenvalue weighted by atomic mass is 35.5. The van der Waals surface area contributed by atoms with Gasteiger partial charge in [-0.3, -0.25) is 4.79 Å². The molecule has 1 amide bonds. The van der Waals surface area contributed by atoms with Crippen LogP contribution in [0.5, 0.6) is 5.75 Å². The number of carbonyl (C=O) groups is 2. The molecule has 150 valence electrons. The van der Waals surface area contributed by atoms with Crippen LogP contribution >= 0.6 is 23.2 Å². The Hall–Kier alpha value is -3.41. The second-order valence-corrected chi connectivity index (χ2v) is 6.93. The molecule has 0 atom stereocenters. The maximum Gasteiger partial charge on any atom is 0.336 e. The van der Waals surface area contributed by atoms with E-state index in [0.717, 1.165) is 5.56 Å². The molecule has 0 saturated heterocycles. The Kier molecular flexibility index (Phi) is 7.38. The van der Waals surface area contributed by atoms with Gasteiger partial charge in [0.2, 0.25) is 0 Å². The van der Waals surface area contributed by atoms with E-state index >= 15 is 0 Å². The molecule has 0 aliphatic carbocycles. The van der Waals surface area contributed by atoms with Crippen molar-refractivity contribution in [2.45, 2.75) is 0 Å². The van der Waals surface area contributed by atoms with Gasteiger partial charge in [0.25, 0.3) is 5.91 Å². The SMILES string of the molecule is O=C(/C=C/c1ccccc1)Oc1ccc(Cl)cc1/C=N/NC(=O)c1ccc(Cl)cc1. The fraction of sp³-hybridized carbons (Fsp3) is 0. The lowest BCUT2D eigenvalue weighted by Crippen LogP contribution is -2.17. The Labute approximate surface area is 183 Å². The lowest BCUT2D eigenvalue weighted by Gasteiger charge is -2.06. The van der Waals surface area contributed by atoms with Crippen LogP contribution in [-0.2, 0) is 4.79 Å². The Morgan fingerprint density at radius 1 is 0.900 bits per heavy atom. The predicted octanol–water partition coefficient (Wildman–Crippen LogP) is 5.38. The van der Waals surface area contributed by atoms with E-state index in [1.165, 1.54) is 12.3 Å². The van der Waals surface area contributed by atoms with Gasteiger partial charge >= 0.3 is 5.97 Å². The standard InChI is InChI=1S/C23H16Cl2N2O3/c24-19-9-7-17(8-10-19)23(29)27-26-15-18-14-20(25)11-12-21(18)30-22(28)13-6-16-4-2-1-3-5-16/h1-15H,(H,27,29)/b13-6+,26-15+. The van der Waals surface area contributed by atoms with Crippen molar-refractivity contribution in [1.29, 1.82) is 0 Å². The van der Waals surface area contributed by atoms with E-state index in [4.69, 9.17) is 27.9 Å². The average molecular weight is 439 g/mol. The molecule has 0 heterocycles. The van der Waals surface area contributed by atoms with Crippen molar-refractivity contribution >= 4 is 47.4 Å². The molecule has 3 aromatic carbocycles. The zero-order valence-electron chi connectivity index (χ0n) is 15.6. The van der Waals surface area contributed by atoms with Crippen LogP contribution in [0.1, 0.15) is 21.5 Å². The number of hydrogen-bond acceptors (Lipinski definition) is 4. The van der Waals surface area contributed by atoms with E-state index in [1.807, 2.05) is 30.3 Å². The summed E-state index contributed by atoms with van der Waals surface area (Å²) in [7, 11) is 0. The summed E-state index contributed by atoms with van der Waals surface area (Å²) in [5.41, 5.74) is 4.11. The molecule has 5 nitrogen and oxygen atoms in total. The van der Waals surface area contributed by atoms with Gasteiger partial charge in [-0.25, -0.2) is 10.2 Å². The number of rotatable bonds is 6. The average Bonchev–Trinajstić information content (AvgIpc) is 2.75. The molecule has 0 unspecified atom stereocenters. The summed E-state index contributed by atoms with van der Waals surface area (Å²) in [6.07, 6.45) is 4.33. The molecule has 0 aliphatic heterocycles. The second kappa shape index (κ2) is 10.4. The summed E-state index contributed by atoms with van der Waals surface area (Å²) in [4.78, 5) is 24.3. The Morgan fingerprint density at radius 2 is 1.60 bits per heavy atom. The number of nitrogens with one attached hydrogen (secondary N) is 1. The van der Waals surface area contributed by atoms with Crippen LogP contribution in [0.15, 0.2) is 84.0 Å². The van der Waals surface area contributed by atoms with E-state index in [0.29, 0.717) is 21.2 Å². The third kappa shape index (κ3) is 6.30. The number of ether oxygens (including phenoxy) is 1. The molecule has 0 aliphatic rings. The van der Waals surface area contributed by atoms with Crippen LogP contribution in [0, 0.1) is 0 Å². The molecule has 3 aromatic rings. The van der Waals surface area contributed by atoms with Crippen molar-refractivity contribution in [3.05, 3.63) is 106 Å². The Balaban J connectivity index is 1.67. The van der Waals surface area contributed by atoms with Crippen LogP contribution in [0.3, 0.4) is 0 Å². The zero-order chi connectivity index (χ0) is 21.3. The van der Waals surface area contributed by atoms with Gasteiger partial charge in [-0.1, -0.05) is 53.5 Å². The number of nitrogens with zero attached hydrogens (tertiary/aromatic N) is 1. The minimum absolute atomic E-state index is 0.256. The van der Waals surface area contributed by atoms with Crippen molar-refractivity contribution in [2.75, 3.05) is 0 Å². The van der Waals surface area contributed by atoms with Gasteiger partial charge in [0.15, 0.2) is 0 Å². The van der Waals surface area contributed by atoms with Gasteiger partial charge < -0.3 is 4.74 Å². The molecule has 1 N–H and O–H groups in total. The van der Waals surface area contributed by atoms with Crippen LogP contribution in [-0.4, -0.2) is 18.1 Å². The molecule has 0 aromatic heterocycles. The lowest BCUT2D eigenvalue weighted by molar-refractivity contribution is -0.128. The van der Waals surface area contributed by atoms with Crippen LogP contribution < -0.4 is 10.2 Å². The normalized spacial score (nSPS) is 11.0. The molecule has 3 rings (SSSR count). The minimum Gasteiger partial charge on any atom is -0.423 e. The zero-order valence-corrected chi connectivity index (χ0v) is 17.1. The molecule has 0 radical (unpaired) electrons. The molecule has 0 spiro atoms. The third-order valence-corrected chi connectivity index (χ3v) is 4.36. The van der Waals surface area contributed by atoms with E-state index in [1.54, 1.807) is 48.5 Å². The molecular formula is C23H16Cl2N2O3. The number of carbonyl (C=O) groups excluding carboxylic acids is 2. The van der Waals surface area contributed by atoms with Gasteiger partial charge in [0.1, 0.15) is 5.75 Å². The van der Waals surface area contributed by atoms with Gasteiger partial charge in [0, 0.05) is 27.2 Å². The molecule has 0 saturated carbocycles. The molecule has 30 heavy (non-hydrogen) atoms. The maximum absolute atomic E-state index is 12.2. The maximum atomic E-state index is 12.2. The van der Waals surface area contributed by atoms with Crippen molar-refractivity contribution in [1.82, 2.24) is 5.43 Å². The van der Waals surface area contributed by atoms with Gasteiger partial charge in [-0.15, -0.1) is 0 Å². The fourth-order valence-electron chi connectivity index (χ4n) is 2.41. The van der Waals surface area contributed by atoms with E-state index in [-0.39, 0.29) is 5.75 Å². The third-order valence-electron chi connectivity index (χ3n) is 3.87. The number of esters is 1. The predicted molar refractivity (Wildman–Crippen MR) is 119 cm³/mol. The number of hydrazone groups is 1. The number of hydrogen-bond donors (Lipinski definition) is 1. The Bertz CT molecular complexity index is 1100. The highest BCUT2D eigenvalue weighted by molar-refractivity contribution is 6.31. The summed E-state index contributed by atoms with van der Waals surface area (Å²) in [6.45, 7) is 0. The monoisotopic (exact) mass is 438 g/mol. The lowest BCUT2D eigenvalue weighted by atomic mass is 10.2.